The van der Waals surface area contributed by atoms with Gasteiger partial charge in [-0.25, -0.2) is 0 Å². The minimum atomic E-state index is -0.518. The first-order valence-electron chi connectivity index (χ1n) is 7.61. The molecule has 0 saturated heterocycles. The molecule has 0 aliphatic heterocycles. The van der Waals surface area contributed by atoms with Crippen molar-refractivity contribution < 1.29 is 9.59 Å². The number of hydrogen-bond donors (Lipinski definition) is 3. The summed E-state index contributed by atoms with van der Waals surface area (Å²) in [5, 5.41) is 17.4. The Hall–Kier alpha value is -3.59. The average molecular weight is 334 g/mol. The van der Waals surface area contributed by atoms with E-state index in [9.17, 15) is 14.9 Å². The number of anilines is 3. The van der Waals surface area contributed by atoms with Crippen LogP contribution in [0.3, 0.4) is 0 Å². The molecule has 6 nitrogen and oxygen atoms in total. The number of benzene rings is 2. The fourth-order valence-corrected chi connectivity index (χ4v) is 2.07. The third kappa shape index (κ3) is 5.22. The predicted molar refractivity (Wildman–Crippen MR) is 97.9 cm³/mol. The van der Waals surface area contributed by atoms with E-state index in [0.717, 1.165) is 11.3 Å². The maximum Gasteiger partial charge on any atom is 0.267 e. The van der Waals surface area contributed by atoms with Crippen LogP contribution in [0.25, 0.3) is 0 Å². The van der Waals surface area contributed by atoms with Crippen LogP contribution in [0.15, 0.2) is 60.3 Å². The highest BCUT2D eigenvalue weighted by Crippen LogP contribution is 2.16. The summed E-state index contributed by atoms with van der Waals surface area (Å²) in [5.41, 5.74) is 2.93. The number of nitrogens with zero attached hydrogens (tertiary/aromatic N) is 1. The van der Waals surface area contributed by atoms with Gasteiger partial charge in [0.25, 0.3) is 5.91 Å². The molecule has 2 rings (SSSR count). The number of aryl methyl sites for hydroxylation is 1. The summed E-state index contributed by atoms with van der Waals surface area (Å²) in [4.78, 5) is 23.2. The van der Waals surface area contributed by atoms with Gasteiger partial charge in [-0.1, -0.05) is 18.2 Å². The number of rotatable bonds is 5. The Labute approximate surface area is 146 Å². The van der Waals surface area contributed by atoms with E-state index in [-0.39, 0.29) is 11.5 Å². The molecular weight excluding hydrogens is 316 g/mol. The lowest BCUT2D eigenvalue weighted by molar-refractivity contribution is -0.114. The number of para-hydroxylation sites is 1. The molecule has 0 heterocycles. The van der Waals surface area contributed by atoms with Crippen LogP contribution in [0.2, 0.25) is 0 Å². The van der Waals surface area contributed by atoms with Crippen LogP contribution in [-0.2, 0) is 9.59 Å². The monoisotopic (exact) mass is 334 g/mol. The van der Waals surface area contributed by atoms with Crippen molar-refractivity contribution >= 4 is 28.9 Å². The molecule has 2 aromatic carbocycles. The maximum atomic E-state index is 12.2. The molecule has 6 heteroatoms. The van der Waals surface area contributed by atoms with Crippen molar-refractivity contribution in [1.82, 2.24) is 0 Å². The van der Waals surface area contributed by atoms with Crippen molar-refractivity contribution in [2.75, 3.05) is 16.0 Å². The van der Waals surface area contributed by atoms with Crippen LogP contribution in [0, 0.1) is 18.3 Å². The number of carbonyl (C=O) groups excluding carboxylic acids is 2. The molecule has 0 saturated carbocycles. The molecular formula is C19H18N4O2. The van der Waals surface area contributed by atoms with Gasteiger partial charge < -0.3 is 16.0 Å². The van der Waals surface area contributed by atoms with Crippen LogP contribution in [0.5, 0.6) is 0 Å². The molecule has 2 aromatic rings. The summed E-state index contributed by atoms with van der Waals surface area (Å²) in [5.74, 6) is -0.690. The first-order valence-corrected chi connectivity index (χ1v) is 7.61. The van der Waals surface area contributed by atoms with Gasteiger partial charge in [0.2, 0.25) is 5.91 Å². The van der Waals surface area contributed by atoms with Crippen molar-refractivity contribution in [3.05, 3.63) is 65.9 Å². The number of carbonyl (C=O) groups is 2. The average Bonchev–Trinajstić information content (AvgIpc) is 2.58. The lowest BCUT2D eigenvalue weighted by Gasteiger charge is -2.08. The van der Waals surface area contributed by atoms with Crippen molar-refractivity contribution in [3.63, 3.8) is 0 Å². The smallest absolute Gasteiger partial charge is 0.267 e. The van der Waals surface area contributed by atoms with Crippen molar-refractivity contribution in [1.29, 1.82) is 5.26 Å². The second-order valence-electron chi connectivity index (χ2n) is 5.34. The first kappa shape index (κ1) is 17.8. The summed E-state index contributed by atoms with van der Waals surface area (Å²) in [6.07, 6.45) is 1.38. The molecule has 0 aliphatic carbocycles. The first-order chi connectivity index (χ1) is 12.0. The van der Waals surface area contributed by atoms with Gasteiger partial charge >= 0.3 is 0 Å². The molecule has 126 valence electrons. The minimum absolute atomic E-state index is 0.0470. The molecule has 2 amide bonds. The molecule has 0 bridgehead atoms. The summed E-state index contributed by atoms with van der Waals surface area (Å²) in [6.45, 7) is 3.35. The topological polar surface area (TPSA) is 94.0 Å². The lowest BCUT2D eigenvalue weighted by atomic mass is 10.2. The molecule has 0 aromatic heterocycles. The van der Waals surface area contributed by atoms with Crippen LogP contribution in [0.4, 0.5) is 17.1 Å². The van der Waals surface area contributed by atoms with Crippen LogP contribution < -0.4 is 16.0 Å². The second kappa shape index (κ2) is 8.31. The fraction of sp³-hybridized carbons (Fsp3) is 0.105. The molecule has 0 aliphatic rings. The standard InChI is InChI=1S/C19H18N4O2/c1-13-5-3-4-6-18(13)21-12-15(11-20)19(25)23-17-9-7-16(8-10-17)22-14(2)24/h3-10,12,21H,1-2H3,(H,22,24)(H,23,25)/b15-12-. The highest BCUT2D eigenvalue weighted by Gasteiger charge is 2.09. The quantitative estimate of drug-likeness (QED) is 0.577. The molecule has 0 unspecified atom stereocenters. The second-order valence-corrected chi connectivity index (χ2v) is 5.34. The van der Waals surface area contributed by atoms with Crippen molar-refractivity contribution in [2.45, 2.75) is 13.8 Å². The molecule has 0 spiro atoms. The van der Waals surface area contributed by atoms with E-state index in [0.29, 0.717) is 11.4 Å². The van der Waals surface area contributed by atoms with Gasteiger partial charge in [-0.05, 0) is 42.8 Å². The van der Waals surface area contributed by atoms with Gasteiger partial charge in [0.15, 0.2) is 0 Å². The molecule has 0 fully saturated rings. The fourth-order valence-electron chi connectivity index (χ4n) is 2.07. The lowest BCUT2D eigenvalue weighted by Crippen LogP contribution is -2.14. The molecule has 3 N–H and O–H groups in total. The molecule has 0 radical (unpaired) electrons. The van der Waals surface area contributed by atoms with E-state index >= 15 is 0 Å². The van der Waals surface area contributed by atoms with E-state index in [1.165, 1.54) is 13.1 Å². The SMILES string of the molecule is CC(=O)Nc1ccc(NC(=O)/C(C#N)=C\Nc2ccccc2C)cc1. The molecule has 0 atom stereocenters. The Morgan fingerprint density at radius 1 is 1.00 bits per heavy atom. The van der Waals surface area contributed by atoms with Gasteiger partial charge in [-0.3, -0.25) is 9.59 Å². The zero-order valence-corrected chi connectivity index (χ0v) is 14.0. The van der Waals surface area contributed by atoms with E-state index < -0.39 is 5.91 Å². The Bertz CT molecular complexity index is 848. The maximum absolute atomic E-state index is 12.2. The highest BCUT2D eigenvalue weighted by atomic mass is 16.2. The van der Waals surface area contributed by atoms with E-state index in [1.54, 1.807) is 24.3 Å². The largest absolute Gasteiger partial charge is 0.360 e. The van der Waals surface area contributed by atoms with Gasteiger partial charge in [0.1, 0.15) is 11.6 Å². The third-order valence-electron chi connectivity index (χ3n) is 3.35. The third-order valence-corrected chi connectivity index (χ3v) is 3.35. The summed E-state index contributed by atoms with van der Waals surface area (Å²) in [6, 6.07) is 16.1. The zero-order chi connectivity index (χ0) is 18.2. The number of hydrogen-bond acceptors (Lipinski definition) is 4. The summed E-state index contributed by atoms with van der Waals surface area (Å²) in [7, 11) is 0. The Kier molecular flexibility index (Phi) is 5.91. The van der Waals surface area contributed by atoms with Gasteiger partial charge in [-0.15, -0.1) is 0 Å². The van der Waals surface area contributed by atoms with Crippen LogP contribution in [-0.4, -0.2) is 11.8 Å². The van der Waals surface area contributed by atoms with E-state index in [4.69, 9.17) is 0 Å². The number of nitriles is 1. The molecule has 25 heavy (non-hydrogen) atoms. The Morgan fingerprint density at radius 3 is 2.16 bits per heavy atom. The van der Waals surface area contributed by atoms with E-state index in [1.807, 2.05) is 37.3 Å². The minimum Gasteiger partial charge on any atom is -0.360 e. The normalized spacial score (nSPS) is 10.5. The van der Waals surface area contributed by atoms with Crippen LogP contribution >= 0.6 is 0 Å². The van der Waals surface area contributed by atoms with Crippen molar-refractivity contribution in [3.8, 4) is 6.07 Å². The highest BCUT2D eigenvalue weighted by molar-refractivity contribution is 6.06. The van der Waals surface area contributed by atoms with E-state index in [2.05, 4.69) is 16.0 Å². The zero-order valence-electron chi connectivity index (χ0n) is 14.0. The van der Waals surface area contributed by atoms with Gasteiger partial charge in [-0.2, -0.15) is 5.26 Å². The summed E-state index contributed by atoms with van der Waals surface area (Å²) < 4.78 is 0. The predicted octanol–water partition coefficient (Wildman–Crippen LogP) is 3.41. The Morgan fingerprint density at radius 2 is 1.60 bits per heavy atom. The summed E-state index contributed by atoms with van der Waals surface area (Å²) >= 11 is 0. The van der Waals surface area contributed by atoms with Gasteiger partial charge in [0.05, 0.1) is 0 Å². The van der Waals surface area contributed by atoms with Gasteiger partial charge in [0, 0.05) is 30.2 Å². The Balaban J connectivity index is 2.04. The number of nitrogens with one attached hydrogen (secondary N) is 3. The van der Waals surface area contributed by atoms with Crippen LogP contribution in [0.1, 0.15) is 12.5 Å². The number of amides is 2. The van der Waals surface area contributed by atoms with Crippen molar-refractivity contribution in [2.24, 2.45) is 0 Å².